The summed E-state index contributed by atoms with van der Waals surface area (Å²) < 4.78 is 16.3. The quantitative estimate of drug-likeness (QED) is 0.733. The Morgan fingerprint density at radius 1 is 1.47 bits per heavy atom. The van der Waals surface area contributed by atoms with Gasteiger partial charge in [0.05, 0.1) is 0 Å². The smallest absolute Gasteiger partial charge is 0.408 e. The molecule has 1 aromatic rings. The van der Waals surface area contributed by atoms with Gasteiger partial charge in [-0.15, -0.1) is 0 Å². The van der Waals surface area contributed by atoms with Gasteiger partial charge in [-0.25, -0.2) is 4.79 Å². The highest BCUT2D eigenvalue weighted by Crippen LogP contribution is 2.66. The molecule has 1 saturated carbocycles. The molecule has 0 aromatic heterocycles. The van der Waals surface area contributed by atoms with Crippen LogP contribution in [-0.2, 0) is 15.9 Å². The molecule has 0 saturated heterocycles. The van der Waals surface area contributed by atoms with Crippen molar-refractivity contribution in [3.63, 3.8) is 0 Å². The highest BCUT2D eigenvalue weighted by Gasteiger charge is 2.65. The number of hydrogen-bond acceptors (Lipinski definition) is 3. The van der Waals surface area contributed by atoms with E-state index in [4.69, 9.17) is 4.74 Å². The topological polar surface area (TPSA) is 95.9 Å². The third-order valence-corrected chi connectivity index (χ3v) is 5.10. The summed E-state index contributed by atoms with van der Waals surface area (Å²) >= 11 is 0. The monoisotopic (exact) mass is 285 g/mol. The summed E-state index contributed by atoms with van der Waals surface area (Å²) in [6.07, 6.45) is -0.547. The average Bonchev–Trinajstić information content (AvgIpc) is 2.99. The summed E-state index contributed by atoms with van der Waals surface area (Å²) in [5.74, 6) is -0.252. The van der Waals surface area contributed by atoms with Gasteiger partial charge in [0.1, 0.15) is 11.9 Å². The molecule has 0 spiro atoms. The second-order valence-electron chi connectivity index (χ2n) is 4.76. The lowest BCUT2D eigenvalue weighted by atomic mass is 10.2. The fourth-order valence-corrected chi connectivity index (χ4v) is 3.32. The summed E-state index contributed by atoms with van der Waals surface area (Å²) in [7, 11) is -4.38. The zero-order chi connectivity index (χ0) is 14.1. The second-order valence-corrected chi connectivity index (χ2v) is 6.65. The maximum atomic E-state index is 11.6. The van der Waals surface area contributed by atoms with Crippen LogP contribution in [0.3, 0.4) is 0 Å². The van der Waals surface area contributed by atoms with E-state index in [1.165, 1.54) is 0 Å². The van der Waals surface area contributed by atoms with Crippen molar-refractivity contribution in [3.05, 3.63) is 35.9 Å². The van der Waals surface area contributed by atoms with Gasteiger partial charge in [0, 0.05) is 0 Å². The first-order valence-corrected chi connectivity index (χ1v) is 7.51. The number of nitrogens with one attached hydrogen (secondary N) is 1. The maximum absolute atomic E-state index is 11.6. The number of benzene rings is 1. The molecule has 19 heavy (non-hydrogen) atoms. The number of carbonyl (C=O) groups is 1. The first kappa shape index (κ1) is 14.1. The van der Waals surface area contributed by atoms with E-state index in [9.17, 15) is 19.1 Å². The van der Waals surface area contributed by atoms with Crippen molar-refractivity contribution >= 4 is 13.7 Å². The Morgan fingerprint density at radius 2 is 2.05 bits per heavy atom. The highest BCUT2D eigenvalue weighted by atomic mass is 31.2. The standard InChI is InChI=1S/C12H16NO5P/c1-9-7-12(9,19(15,16)17)13-11(14)18-8-10-5-3-2-4-6-10/h2-6,9H,7-8H2,1H3,(H,13,14)(H2,15,16,17)/t9-,12-/m1/s1. The lowest BCUT2D eigenvalue weighted by Crippen LogP contribution is -2.38. The fourth-order valence-electron chi connectivity index (χ4n) is 2.00. The number of ether oxygens (including phenoxy) is 1. The molecule has 1 aliphatic carbocycles. The molecule has 1 fully saturated rings. The summed E-state index contributed by atoms with van der Waals surface area (Å²) in [5.41, 5.74) is 0.812. The maximum Gasteiger partial charge on any atom is 0.408 e. The Bertz CT molecular complexity index is 514. The molecule has 1 amide bonds. The predicted molar refractivity (Wildman–Crippen MR) is 68.3 cm³/mol. The highest BCUT2D eigenvalue weighted by molar-refractivity contribution is 7.54. The van der Waals surface area contributed by atoms with Gasteiger partial charge in [0.15, 0.2) is 0 Å². The molecule has 1 aliphatic rings. The van der Waals surface area contributed by atoms with E-state index in [0.717, 1.165) is 5.56 Å². The number of carbonyl (C=O) groups excluding carboxylic acids is 1. The molecule has 0 heterocycles. The molecule has 0 aliphatic heterocycles. The fraction of sp³-hybridized carbons (Fsp3) is 0.417. The van der Waals surface area contributed by atoms with Gasteiger partial charge in [-0.2, -0.15) is 0 Å². The van der Waals surface area contributed by atoms with Gasteiger partial charge in [0.2, 0.25) is 0 Å². The zero-order valence-corrected chi connectivity index (χ0v) is 11.3. The summed E-state index contributed by atoms with van der Waals surface area (Å²) in [5, 5.41) is 0.859. The molecular weight excluding hydrogens is 269 g/mol. The Balaban J connectivity index is 1.90. The average molecular weight is 285 g/mol. The van der Waals surface area contributed by atoms with E-state index in [1.807, 2.05) is 18.2 Å². The van der Waals surface area contributed by atoms with Gasteiger partial charge < -0.3 is 19.8 Å². The molecule has 0 radical (unpaired) electrons. The van der Waals surface area contributed by atoms with Crippen molar-refractivity contribution in [1.82, 2.24) is 5.32 Å². The Hall–Kier alpha value is -1.36. The SMILES string of the molecule is C[C@@H]1C[C@@]1(NC(=O)OCc1ccccc1)P(=O)(O)O. The number of hydrogen-bond donors (Lipinski definition) is 3. The van der Waals surface area contributed by atoms with Crippen molar-refractivity contribution < 1.29 is 23.9 Å². The van der Waals surface area contributed by atoms with Gasteiger partial charge in [-0.1, -0.05) is 37.3 Å². The van der Waals surface area contributed by atoms with Crippen molar-refractivity contribution in [2.24, 2.45) is 5.92 Å². The third-order valence-electron chi connectivity index (χ3n) is 3.32. The number of rotatable bonds is 4. The molecule has 2 atom stereocenters. The van der Waals surface area contributed by atoms with E-state index in [-0.39, 0.29) is 18.9 Å². The van der Waals surface area contributed by atoms with Crippen LogP contribution in [0, 0.1) is 5.92 Å². The van der Waals surface area contributed by atoms with Crippen molar-refractivity contribution in [3.8, 4) is 0 Å². The molecule has 7 heteroatoms. The minimum atomic E-state index is -4.38. The molecular formula is C12H16NO5P. The predicted octanol–water partition coefficient (Wildman–Crippen LogP) is 1.83. The molecule has 0 bridgehead atoms. The Morgan fingerprint density at radius 3 is 2.53 bits per heavy atom. The Labute approximate surface area is 110 Å². The zero-order valence-electron chi connectivity index (χ0n) is 10.4. The third kappa shape index (κ3) is 2.97. The normalized spacial score (nSPS) is 25.7. The first-order valence-electron chi connectivity index (χ1n) is 5.90. The molecule has 2 rings (SSSR count). The van der Waals surface area contributed by atoms with Gasteiger partial charge in [-0.05, 0) is 17.9 Å². The Kier molecular flexibility index (Phi) is 3.67. The molecule has 1 aromatic carbocycles. The van der Waals surface area contributed by atoms with Crippen LogP contribution in [0.25, 0.3) is 0 Å². The van der Waals surface area contributed by atoms with Crippen LogP contribution in [0.5, 0.6) is 0 Å². The number of amides is 1. The minimum Gasteiger partial charge on any atom is -0.445 e. The molecule has 3 N–H and O–H groups in total. The van der Waals surface area contributed by atoms with Gasteiger partial charge in [0.25, 0.3) is 0 Å². The van der Waals surface area contributed by atoms with Crippen LogP contribution in [0.1, 0.15) is 18.9 Å². The summed E-state index contributed by atoms with van der Waals surface area (Å²) in [4.78, 5) is 30.1. The summed E-state index contributed by atoms with van der Waals surface area (Å²) in [6, 6.07) is 9.07. The van der Waals surface area contributed by atoms with Crippen LogP contribution >= 0.6 is 7.60 Å². The van der Waals surface area contributed by atoms with Crippen LogP contribution < -0.4 is 5.32 Å². The van der Waals surface area contributed by atoms with E-state index >= 15 is 0 Å². The molecule has 104 valence electrons. The lowest BCUT2D eigenvalue weighted by molar-refractivity contribution is 0.135. The van der Waals surface area contributed by atoms with Crippen molar-refractivity contribution in [2.45, 2.75) is 25.2 Å². The first-order chi connectivity index (χ1) is 8.85. The van der Waals surface area contributed by atoms with E-state index < -0.39 is 19.0 Å². The van der Waals surface area contributed by atoms with Crippen LogP contribution in [0.2, 0.25) is 0 Å². The molecule has 0 unspecified atom stereocenters. The van der Waals surface area contributed by atoms with Gasteiger partial charge >= 0.3 is 13.7 Å². The van der Waals surface area contributed by atoms with Crippen molar-refractivity contribution in [2.75, 3.05) is 0 Å². The largest absolute Gasteiger partial charge is 0.445 e. The lowest BCUT2D eigenvalue weighted by Gasteiger charge is -2.19. The summed E-state index contributed by atoms with van der Waals surface area (Å²) in [6.45, 7) is 1.74. The van der Waals surface area contributed by atoms with Gasteiger partial charge in [-0.3, -0.25) is 4.57 Å². The molecule has 6 nitrogen and oxygen atoms in total. The second kappa shape index (κ2) is 4.96. The van der Waals surface area contributed by atoms with Crippen LogP contribution in [0.15, 0.2) is 30.3 Å². The van der Waals surface area contributed by atoms with Crippen LogP contribution in [-0.4, -0.2) is 21.2 Å². The number of alkyl carbamates (subject to hydrolysis) is 1. The van der Waals surface area contributed by atoms with E-state index in [2.05, 4.69) is 5.32 Å². The van der Waals surface area contributed by atoms with E-state index in [1.54, 1.807) is 19.1 Å². The van der Waals surface area contributed by atoms with Crippen LogP contribution in [0.4, 0.5) is 4.79 Å². The minimum absolute atomic E-state index is 0.0678. The van der Waals surface area contributed by atoms with E-state index in [0.29, 0.717) is 0 Å². The van der Waals surface area contributed by atoms with Crippen molar-refractivity contribution in [1.29, 1.82) is 0 Å².